The fourth-order valence-electron chi connectivity index (χ4n) is 2.14. The summed E-state index contributed by atoms with van der Waals surface area (Å²) >= 11 is 3.38. The Morgan fingerprint density at radius 1 is 1.04 bits per heavy atom. The molecule has 0 saturated carbocycles. The number of hydrogen-bond donors (Lipinski definition) is 2. The normalized spacial score (nSPS) is 11.0. The maximum atomic E-state index is 12.0. The van der Waals surface area contributed by atoms with Crippen molar-refractivity contribution in [2.24, 2.45) is 4.99 Å². The summed E-state index contributed by atoms with van der Waals surface area (Å²) < 4.78 is 6.13. The standard InChI is InChI=1S/C17H14BrN3O2/c1-23-14-8-2-11(3-9-14)16-15(17(22)21-20-16)10-19-13-6-4-12(18)5-7-13/h2-10H,1H3,(H2,20,21,22). The van der Waals surface area contributed by atoms with Crippen LogP contribution >= 0.6 is 15.9 Å². The predicted molar refractivity (Wildman–Crippen MR) is 94.8 cm³/mol. The van der Waals surface area contributed by atoms with Crippen LogP contribution < -0.4 is 10.3 Å². The van der Waals surface area contributed by atoms with Crippen LogP contribution in [0.15, 0.2) is 62.8 Å². The van der Waals surface area contributed by atoms with Gasteiger partial charge in [0, 0.05) is 16.3 Å². The number of nitrogens with one attached hydrogen (secondary N) is 2. The van der Waals surface area contributed by atoms with E-state index in [1.54, 1.807) is 13.3 Å². The summed E-state index contributed by atoms with van der Waals surface area (Å²) in [6.07, 6.45) is 1.57. The van der Waals surface area contributed by atoms with E-state index in [0.717, 1.165) is 21.5 Å². The molecule has 0 aliphatic heterocycles. The minimum Gasteiger partial charge on any atom is -0.497 e. The van der Waals surface area contributed by atoms with E-state index < -0.39 is 0 Å². The molecule has 0 spiro atoms. The molecule has 1 aromatic heterocycles. The highest BCUT2D eigenvalue weighted by molar-refractivity contribution is 9.10. The summed E-state index contributed by atoms with van der Waals surface area (Å²) in [6, 6.07) is 15.0. The zero-order chi connectivity index (χ0) is 16.2. The van der Waals surface area contributed by atoms with Crippen LogP contribution in [0.2, 0.25) is 0 Å². The lowest BCUT2D eigenvalue weighted by molar-refractivity contribution is 0.415. The fraction of sp³-hybridized carbons (Fsp3) is 0.0588. The first-order valence-electron chi connectivity index (χ1n) is 6.92. The van der Waals surface area contributed by atoms with Gasteiger partial charge in [0.1, 0.15) is 5.75 Å². The SMILES string of the molecule is COc1ccc(-c2[nH][nH]c(=O)c2C=Nc2ccc(Br)cc2)cc1. The van der Waals surface area contributed by atoms with Crippen LogP contribution in [-0.4, -0.2) is 23.5 Å². The van der Waals surface area contributed by atoms with Crippen molar-refractivity contribution in [3.8, 4) is 17.0 Å². The molecular weight excluding hydrogens is 358 g/mol. The van der Waals surface area contributed by atoms with Crippen LogP contribution in [0.1, 0.15) is 5.56 Å². The zero-order valence-corrected chi connectivity index (χ0v) is 13.9. The molecule has 3 aromatic rings. The number of aromatic nitrogens is 2. The second-order valence-electron chi connectivity index (χ2n) is 4.83. The Balaban J connectivity index is 1.95. The number of aromatic amines is 2. The quantitative estimate of drug-likeness (QED) is 0.682. The number of methoxy groups -OCH3 is 1. The van der Waals surface area contributed by atoms with Gasteiger partial charge in [-0.1, -0.05) is 15.9 Å². The lowest BCUT2D eigenvalue weighted by Crippen LogP contribution is -2.05. The molecule has 0 atom stereocenters. The molecule has 0 aliphatic rings. The first-order valence-corrected chi connectivity index (χ1v) is 7.71. The third kappa shape index (κ3) is 3.43. The maximum absolute atomic E-state index is 12.0. The Morgan fingerprint density at radius 2 is 1.74 bits per heavy atom. The van der Waals surface area contributed by atoms with Gasteiger partial charge in [-0.25, -0.2) is 0 Å². The molecule has 116 valence electrons. The number of ether oxygens (including phenoxy) is 1. The Morgan fingerprint density at radius 3 is 2.39 bits per heavy atom. The van der Waals surface area contributed by atoms with Gasteiger partial charge in [0.15, 0.2) is 0 Å². The molecule has 2 N–H and O–H groups in total. The van der Waals surface area contributed by atoms with E-state index in [9.17, 15) is 4.79 Å². The molecule has 0 amide bonds. The highest BCUT2D eigenvalue weighted by Crippen LogP contribution is 2.22. The van der Waals surface area contributed by atoms with Gasteiger partial charge in [-0.3, -0.25) is 20.0 Å². The van der Waals surface area contributed by atoms with Gasteiger partial charge in [-0.2, -0.15) is 0 Å². The molecule has 23 heavy (non-hydrogen) atoms. The number of hydrogen-bond acceptors (Lipinski definition) is 3. The first kappa shape index (κ1) is 15.3. The summed E-state index contributed by atoms with van der Waals surface area (Å²) in [6.45, 7) is 0. The van der Waals surface area contributed by atoms with Gasteiger partial charge < -0.3 is 4.74 Å². The van der Waals surface area contributed by atoms with Crippen LogP contribution in [0, 0.1) is 0 Å². The summed E-state index contributed by atoms with van der Waals surface area (Å²) in [7, 11) is 1.61. The van der Waals surface area contributed by atoms with Gasteiger partial charge >= 0.3 is 0 Å². The van der Waals surface area contributed by atoms with Gasteiger partial charge in [0.25, 0.3) is 5.56 Å². The largest absolute Gasteiger partial charge is 0.497 e. The monoisotopic (exact) mass is 371 g/mol. The van der Waals surface area contributed by atoms with Crippen molar-refractivity contribution in [2.45, 2.75) is 0 Å². The average molecular weight is 372 g/mol. The Kier molecular flexibility index (Phi) is 4.43. The third-order valence-corrected chi connectivity index (χ3v) is 3.89. The lowest BCUT2D eigenvalue weighted by Gasteiger charge is -2.02. The molecule has 3 rings (SSSR count). The molecule has 5 nitrogen and oxygen atoms in total. The van der Waals surface area contributed by atoms with Crippen molar-refractivity contribution in [3.63, 3.8) is 0 Å². The predicted octanol–water partition coefficient (Wildman–Crippen LogP) is 3.89. The van der Waals surface area contributed by atoms with Crippen LogP contribution in [-0.2, 0) is 0 Å². The number of halogens is 1. The van der Waals surface area contributed by atoms with Crippen LogP contribution in [0.4, 0.5) is 5.69 Å². The van der Waals surface area contributed by atoms with Gasteiger partial charge in [-0.15, -0.1) is 0 Å². The van der Waals surface area contributed by atoms with E-state index in [4.69, 9.17) is 4.74 Å². The highest BCUT2D eigenvalue weighted by Gasteiger charge is 2.10. The van der Waals surface area contributed by atoms with E-state index in [1.807, 2.05) is 48.5 Å². The fourth-order valence-corrected chi connectivity index (χ4v) is 2.41. The molecule has 0 fully saturated rings. The number of aliphatic imine (C=N–C) groups is 1. The van der Waals surface area contributed by atoms with Crippen LogP contribution in [0.25, 0.3) is 11.3 Å². The molecule has 6 heteroatoms. The van der Waals surface area contributed by atoms with Crippen molar-refractivity contribution in [3.05, 3.63) is 68.9 Å². The summed E-state index contributed by atoms with van der Waals surface area (Å²) in [5, 5.41) is 5.50. The molecule has 0 aliphatic carbocycles. The van der Waals surface area contributed by atoms with Gasteiger partial charge in [0.2, 0.25) is 0 Å². The maximum Gasteiger partial charge on any atom is 0.273 e. The van der Waals surface area contributed by atoms with Crippen molar-refractivity contribution in [1.29, 1.82) is 0 Å². The molecule has 0 saturated heterocycles. The molecule has 0 bridgehead atoms. The smallest absolute Gasteiger partial charge is 0.273 e. The molecule has 1 heterocycles. The summed E-state index contributed by atoms with van der Waals surface area (Å²) in [5.41, 5.74) is 2.61. The topological polar surface area (TPSA) is 70.2 Å². The van der Waals surface area contributed by atoms with Crippen LogP contribution in [0.5, 0.6) is 5.75 Å². The molecular formula is C17H14BrN3O2. The van der Waals surface area contributed by atoms with Gasteiger partial charge in [0.05, 0.1) is 24.1 Å². The summed E-state index contributed by atoms with van der Waals surface area (Å²) in [5.74, 6) is 0.761. The Hall–Kier alpha value is -2.60. The van der Waals surface area contributed by atoms with Crippen molar-refractivity contribution < 1.29 is 4.74 Å². The Bertz CT molecular complexity index is 877. The minimum atomic E-state index is -0.211. The Labute approximate surface area is 141 Å². The number of nitrogens with zero attached hydrogens (tertiary/aromatic N) is 1. The number of rotatable bonds is 4. The van der Waals surface area contributed by atoms with Crippen molar-refractivity contribution in [1.82, 2.24) is 10.2 Å². The lowest BCUT2D eigenvalue weighted by atomic mass is 10.1. The minimum absolute atomic E-state index is 0.211. The molecule has 2 aromatic carbocycles. The van der Waals surface area contributed by atoms with E-state index in [1.165, 1.54) is 0 Å². The van der Waals surface area contributed by atoms with E-state index >= 15 is 0 Å². The molecule has 0 radical (unpaired) electrons. The van der Waals surface area contributed by atoms with E-state index in [-0.39, 0.29) is 5.56 Å². The van der Waals surface area contributed by atoms with E-state index in [2.05, 4.69) is 31.1 Å². The molecule has 0 unspecified atom stereocenters. The second-order valence-corrected chi connectivity index (χ2v) is 5.75. The van der Waals surface area contributed by atoms with Crippen molar-refractivity contribution >= 4 is 27.8 Å². The van der Waals surface area contributed by atoms with Gasteiger partial charge in [-0.05, 0) is 48.5 Å². The highest BCUT2D eigenvalue weighted by atomic mass is 79.9. The first-order chi connectivity index (χ1) is 11.2. The second kappa shape index (κ2) is 6.66. The van der Waals surface area contributed by atoms with Crippen molar-refractivity contribution in [2.75, 3.05) is 7.11 Å². The number of H-pyrrole nitrogens is 2. The third-order valence-electron chi connectivity index (χ3n) is 3.36. The number of benzene rings is 2. The summed E-state index contributed by atoms with van der Waals surface area (Å²) in [4.78, 5) is 16.4. The zero-order valence-electron chi connectivity index (χ0n) is 12.3. The van der Waals surface area contributed by atoms with Crippen LogP contribution in [0.3, 0.4) is 0 Å². The van der Waals surface area contributed by atoms with E-state index in [0.29, 0.717) is 11.3 Å². The average Bonchev–Trinajstić information content (AvgIpc) is 2.95.